The maximum atomic E-state index is 12.9. The Morgan fingerprint density at radius 3 is 2.52 bits per heavy atom. The Morgan fingerprint density at radius 2 is 1.79 bits per heavy atom. The normalized spacial score (nSPS) is 29.7. The molecule has 170 valence electrons. The molecule has 4 aliphatic rings. The second kappa shape index (κ2) is 7.30. The van der Waals surface area contributed by atoms with Gasteiger partial charge in [-0.2, -0.15) is 4.98 Å². The highest BCUT2D eigenvalue weighted by Gasteiger charge is 2.59. The third kappa shape index (κ3) is 3.73. The summed E-state index contributed by atoms with van der Waals surface area (Å²) in [7, 11) is 0. The van der Waals surface area contributed by atoms with Crippen LogP contribution in [-0.2, 0) is 0 Å². The molecule has 3 heterocycles. The van der Waals surface area contributed by atoms with E-state index in [9.17, 15) is 9.59 Å². The summed E-state index contributed by atoms with van der Waals surface area (Å²) in [5.41, 5.74) is 1.58. The Morgan fingerprint density at radius 1 is 1.03 bits per heavy atom. The number of fused-ring (bicyclic) bond motifs is 1. The molecule has 3 aromatic heterocycles. The Hall–Kier alpha value is -3.42. The highest BCUT2D eigenvalue weighted by atomic mass is 16.6. The van der Waals surface area contributed by atoms with Gasteiger partial charge in [0.05, 0.1) is 6.20 Å². The first-order chi connectivity index (χ1) is 15.9. The van der Waals surface area contributed by atoms with E-state index in [-0.39, 0.29) is 22.9 Å². The number of pyridine rings is 2. The molecule has 33 heavy (non-hydrogen) atoms. The molecule has 0 saturated heterocycles. The predicted octanol–water partition coefficient (Wildman–Crippen LogP) is 3.65. The van der Waals surface area contributed by atoms with Crippen LogP contribution in [-0.4, -0.2) is 37.4 Å². The molecule has 8 heteroatoms. The molecule has 7 rings (SSSR count). The smallest absolute Gasteiger partial charge is 0.390 e. The van der Waals surface area contributed by atoms with E-state index in [2.05, 4.69) is 20.6 Å². The van der Waals surface area contributed by atoms with Crippen LogP contribution in [0, 0.1) is 18.8 Å². The lowest BCUT2D eigenvalue weighted by Crippen LogP contribution is -2.70. The summed E-state index contributed by atoms with van der Waals surface area (Å²) >= 11 is 0. The molecule has 2 unspecified atom stereocenters. The molecule has 4 aliphatic carbocycles. The van der Waals surface area contributed by atoms with E-state index >= 15 is 0 Å². The zero-order valence-corrected chi connectivity index (χ0v) is 18.6. The Balaban J connectivity index is 1.19. The van der Waals surface area contributed by atoms with E-state index in [0.29, 0.717) is 24.0 Å². The summed E-state index contributed by atoms with van der Waals surface area (Å²) in [5, 5.41) is 6.49. The van der Waals surface area contributed by atoms with Crippen LogP contribution in [0.3, 0.4) is 0 Å². The second-order valence-electron chi connectivity index (χ2n) is 10.3. The first kappa shape index (κ1) is 20.2. The number of carbonyl (C=O) groups excluding carboxylic acids is 2. The van der Waals surface area contributed by atoms with Crippen LogP contribution in [0.15, 0.2) is 48.9 Å². The fourth-order valence-electron chi connectivity index (χ4n) is 6.82. The molecule has 0 aromatic carbocycles. The minimum Gasteiger partial charge on any atom is -0.390 e. The minimum atomic E-state index is -0.483. The molecule has 2 atom stereocenters. The number of imidazole rings is 1. The monoisotopic (exact) mass is 445 g/mol. The number of ether oxygens (including phenoxy) is 1. The topological polar surface area (TPSA) is 97.6 Å². The van der Waals surface area contributed by atoms with Crippen molar-refractivity contribution in [2.24, 2.45) is 11.8 Å². The van der Waals surface area contributed by atoms with E-state index in [1.165, 1.54) is 0 Å². The van der Waals surface area contributed by atoms with Crippen molar-refractivity contribution in [2.45, 2.75) is 56.5 Å². The number of hydrogen-bond donors (Lipinski definition) is 2. The predicted molar refractivity (Wildman–Crippen MR) is 121 cm³/mol. The lowest BCUT2D eigenvalue weighted by Gasteiger charge is -2.61. The number of amides is 2. The van der Waals surface area contributed by atoms with Crippen LogP contribution in [0.5, 0.6) is 5.88 Å². The molecule has 4 bridgehead atoms. The first-order valence-electron chi connectivity index (χ1n) is 11.6. The number of aryl methyl sites for hydroxylation is 1. The number of rotatable bonds is 4. The van der Waals surface area contributed by atoms with Crippen molar-refractivity contribution >= 4 is 17.6 Å². The van der Waals surface area contributed by atoms with E-state index in [1.54, 1.807) is 24.5 Å². The van der Waals surface area contributed by atoms with Gasteiger partial charge in [-0.25, -0.2) is 4.79 Å². The molecule has 4 fully saturated rings. The van der Waals surface area contributed by atoms with Gasteiger partial charge in [0.1, 0.15) is 11.3 Å². The Labute approximate surface area is 191 Å². The average molecular weight is 446 g/mol. The third-order valence-corrected chi connectivity index (χ3v) is 7.48. The Kier molecular flexibility index (Phi) is 4.47. The molecule has 2 N–H and O–H groups in total. The molecule has 0 aliphatic heterocycles. The van der Waals surface area contributed by atoms with Gasteiger partial charge < -0.3 is 19.8 Å². The van der Waals surface area contributed by atoms with Crippen LogP contribution in [0.4, 0.5) is 4.79 Å². The van der Waals surface area contributed by atoms with E-state index in [1.807, 2.05) is 35.7 Å². The van der Waals surface area contributed by atoms with Crippen LogP contribution in [0.1, 0.15) is 54.6 Å². The quantitative estimate of drug-likeness (QED) is 0.639. The van der Waals surface area contributed by atoms with Crippen LogP contribution in [0.2, 0.25) is 0 Å². The fourth-order valence-corrected chi connectivity index (χ4v) is 6.82. The summed E-state index contributed by atoms with van der Waals surface area (Å²) in [6.45, 7) is 2.00. The molecule has 0 spiro atoms. The molecular weight excluding hydrogens is 418 g/mol. The zero-order chi connectivity index (χ0) is 22.6. The highest BCUT2D eigenvalue weighted by Crippen LogP contribution is 2.57. The lowest BCUT2D eigenvalue weighted by atomic mass is 9.50. The summed E-state index contributed by atoms with van der Waals surface area (Å²) in [6.07, 6.45) is 10.4. The fraction of sp³-hybridized carbons (Fsp3) is 0.440. The minimum absolute atomic E-state index is 0.143. The van der Waals surface area contributed by atoms with Crippen molar-refractivity contribution in [1.29, 1.82) is 0 Å². The number of nitrogens with zero attached hydrogens (tertiary/aromatic N) is 3. The average Bonchev–Trinajstić information content (AvgIpc) is 3.13. The van der Waals surface area contributed by atoms with Gasteiger partial charge >= 0.3 is 6.09 Å². The summed E-state index contributed by atoms with van der Waals surface area (Å²) in [4.78, 5) is 34.4. The van der Waals surface area contributed by atoms with Gasteiger partial charge in [0.25, 0.3) is 5.91 Å². The van der Waals surface area contributed by atoms with Crippen molar-refractivity contribution in [1.82, 2.24) is 25.0 Å². The molecule has 4 saturated carbocycles. The standard InChI is InChI=1S/C25H27N5O3/c1-16-5-6-20-27-21(14-30(20)13-16)33-23(32)29-25-11-17-8-18(12-25)10-24(9-17,15-25)28-22(31)19-4-2-3-7-26-19/h2-7,13-14,17-18H,8-12,15H2,1H3,(H,28,31)(H,29,32). The van der Waals surface area contributed by atoms with Gasteiger partial charge in [-0.15, -0.1) is 0 Å². The maximum Gasteiger partial charge on any atom is 0.414 e. The van der Waals surface area contributed by atoms with Crippen molar-refractivity contribution < 1.29 is 14.3 Å². The van der Waals surface area contributed by atoms with Gasteiger partial charge in [0.15, 0.2) is 0 Å². The summed E-state index contributed by atoms with van der Waals surface area (Å²) in [5.74, 6) is 1.10. The maximum absolute atomic E-state index is 12.9. The Bertz CT molecular complexity index is 1220. The molecule has 8 nitrogen and oxygen atoms in total. The van der Waals surface area contributed by atoms with Gasteiger partial charge in [-0.3, -0.25) is 9.78 Å². The van der Waals surface area contributed by atoms with Gasteiger partial charge in [-0.05, 0) is 81.0 Å². The summed E-state index contributed by atoms with van der Waals surface area (Å²) < 4.78 is 7.43. The zero-order valence-electron chi connectivity index (χ0n) is 18.6. The van der Waals surface area contributed by atoms with Gasteiger partial charge in [0, 0.05) is 23.5 Å². The van der Waals surface area contributed by atoms with Crippen molar-refractivity contribution in [2.75, 3.05) is 0 Å². The molecule has 0 radical (unpaired) electrons. The van der Waals surface area contributed by atoms with Crippen molar-refractivity contribution in [3.05, 3.63) is 60.2 Å². The SMILES string of the molecule is Cc1ccc2nc(OC(=O)NC34CC5CC(C3)CC(NC(=O)c3ccccn3)(C5)C4)cn2c1. The molecular formula is C25H27N5O3. The number of aromatic nitrogens is 3. The van der Waals surface area contributed by atoms with E-state index in [0.717, 1.165) is 43.3 Å². The lowest BCUT2D eigenvalue weighted by molar-refractivity contribution is -0.0450. The third-order valence-electron chi connectivity index (χ3n) is 7.48. The van der Waals surface area contributed by atoms with Crippen LogP contribution >= 0.6 is 0 Å². The molecule has 2 amide bonds. The number of carbonyl (C=O) groups is 2. The van der Waals surface area contributed by atoms with Crippen LogP contribution in [0.25, 0.3) is 5.65 Å². The summed E-state index contributed by atoms with van der Waals surface area (Å²) in [6, 6.07) is 9.22. The van der Waals surface area contributed by atoms with Crippen LogP contribution < -0.4 is 15.4 Å². The number of nitrogens with one attached hydrogen (secondary N) is 2. The van der Waals surface area contributed by atoms with E-state index in [4.69, 9.17) is 4.74 Å². The largest absolute Gasteiger partial charge is 0.414 e. The first-order valence-corrected chi connectivity index (χ1v) is 11.6. The highest BCUT2D eigenvalue weighted by molar-refractivity contribution is 5.92. The van der Waals surface area contributed by atoms with Crippen molar-refractivity contribution in [3.8, 4) is 5.88 Å². The second-order valence-corrected chi connectivity index (χ2v) is 10.3. The van der Waals surface area contributed by atoms with Crippen molar-refractivity contribution in [3.63, 3.8) is 0 Å². The van der Waals surface area contributed by atoms with E-state index < -0.39 is 6.09 Å². The number of hydrogen-bond acceptors (Lipinski definition) is 5. The molecule has 3 aromatic rings. The van der Waals surface area contributed by atoms with Gasteiger partial charge in [-0.1, -0.05) is 12.1 Å². The van der Waals surface area contributed by atoms with Gasteiger partial charge in [0.2, 0.25) is 5.88 Å².